The van der Waals surface area contributed by atoms with Gasteiger partial charge in [0.05, 0.1) is 6.42 Å². The molecule has 0 fully saturated rings. The monoisotopic (exact) mass is 318 g/mol. The SMILES string of the molecule is Cc1ccc(C#Cc2ccc3oc([C@@H](C)CC(=O)O)cc3c2)cc1. The summed E-state index contributed by atoms with van der Waals surface area (Å²) >= 11 is 0. The van der Waals surface area contributed by atoms with E-state index >= 15 is 0 Å². The van der Waals surface area contributed by atoms with E-state index in [9.17, 15) is 4.79 Å². The maximum absolute atomic E-state index is 10.8. The Balaban J connectivity index is 1.86. The molecule has 1 heterocycles. The van der Waals surface area contributed by atoms with E-state index in [-0.39, 0.29) is 12.3 Å². The van der Waals surface area contributed by atoms with Gasteiger partial charge in [-0.2, -0.15) is 0 Å². The van der Waals surface area contributed by atoms with Gasteiger partial charge in [0.15, 0.2) is 0 Å². The van der Waals surface area contributed by atoms with Crippen LogP contribution in [0.25, 0.3) is 11.0 Å². The second kappa shape index (κ2) is 6.64. The minimum absolute atomic E-state index is 0.0555. The standard InChI is InChI=1S/C21H18O3/c1-14-3-5-16(6-4-14)7-8-17-9-10-19-18(12-17)13-20(24-19)15(2)11-21(22)23/h3-6,9-10,12-13,15H,11H2,1-2H3,(H,22,23)/t15-/m0/s1. The van der Waals surface area contributed by atoms with E-state index in [0.717, 1.165) is 22.1 Å². The minimum Gasteiger partial charge on any atom is -0.481 e. The molecule has 1 aromatic heterocycles. The second-order valence-corrected chi connectivity index (χ2v) is 6.02. The molecule has 0 amide bonds. The number of hydrogen-bond donors (Lipinski definition) is 1. The number of benzene rings is 2. The van der Waals surface area contributed by atoms with Gasteiger partial charge in [-0.05, 0) is 43.3 Å². The first kappa shape index (κ1) is 15.9. The lowest BCUT2D eigenvalue weighted by atomic mass is 10.0. The largest absolute Gasteiger partial charge is 0.481 e. The lowest BCUT2D eigenvalue weighted by Gasteiger charge is -2.02. The smallest absolute Gasteiger partial charge is 0.304 e. The van der Waals surface area contributed by atoms with Gasteiger partial charge in [-0.15, -0.1) is 0 Å². The molecule has 1 N–H and O–H groups in total. The van der Waals surface area contributed by atoms with Gasteiger partial charge >= 0.3 is 5.97 Å². The van der Waals surface area contributed by atoms with Crippen LogP contribution in [0.2, 0.25) is 0 Å². The van der Waals surface area contributed by atoms with Crippen molar-refractivity contribution in [3.63, 3.8) is 0 Å². The highest BCUT2D eigenvalue weighted by atomic mass is 16.4. The van der Waals surface area contributed by atoms with Crippen LogP contribution in [0.5, 0.6) is 0 Å². The van der Waals surface area contributed by atoms with Crippen LogP contribution in [-0.4, -0.2) is 11.1 Å². The molecule has 3 aromatic rings. The van der Waals surface area contributed by atoms with Gasteiger partial charge in [0.25, 0.3) is 0 Å². The number of aryl methyl sites for hydroxylation is 1. The molecule has 0 aliphatic rings. The fraction of sp³-hybridized carbons (Fsp3) is 0.190. The average Bonchev–Trinajstić information content (AvgIpc) is 2.97. The third-order valence-corrected chi connectivity index (χ3v) is 3.90. The van der Waals surface area contributed by atoms with Crippen molar-refractivity contribution in [1.82, 2.24) is 0 Å². The van der Waals surface area contributed by atoms with Gasteiger partial charge in [0.1, 0.15) is 11.3 Å². The number of fused-ring (bicyclic) bond motifs is 1. The zero-order valence-electron chi connectivity index (χ0n) is 13.7. The molecule has 3 rings (SSSR count). The normalized spacial score (nSPS) is 11.8. The maximum Gasteiger partial charge on any atom is 0.304 e. The molecule has 2 aromatic carbocycles. The molecular formula is C21H18O3. The molecule has 0 unspecified atom stereocenters. The number of rotatable bonds is 3. The van der Waals surface area contributed by atoms with Crippen LogP contribution < -0.4 is 0 Å². The Morgan fingerprint density at radius 2 is 1.75 bits per heavy atom. The first-order chi connectivity index (χ1) is 11.5. The molecule has 0 bridgehead atoms. The third-order valence-electron chi connectivity index (χ3n) is 3.90. The van der Waals surface area contributed by atoms with Crippen molar-refractivity contribution in [3.05, 3.63) is 71.0 Å². The van der Waals surface area contributed by atoms with Gasteiger partial charge in [0, 0.05) is 22.4 Å². The molecule has 1 atom stereocenters. The molecule has 0 spiro atoms. The minimum atomic E-state index is -0.826. The zero-order valence-corrected chi connectivity index (χ0v) is 13.7. The lowest BCUT2D eigenvalue weighted by molar-refractivity contribution is -0.137. The zero-order chi connectivity index (χ0) is 17.1. The van der Waals surface area contributed by atoms with Gasteiger partial charge in [-0.3, -0.25) is 4.79 Å². The predicted molar refractivity (Wildman–Crippen MR) is 94.0 cm³/mol. The molecule has 24 heavy (non-hydrogen) atoms. The van der Waals surface area contributed by atoms with Crippen LogP contribution in [0.15, 0.2) is 52.9 Å². The van der Waals surface area contributed by atoms with Crippen LogP contribution in [0.3, 0.4) is 0 Å². The van der Waals surface area contributed by atoms with E-state index < -0.39 is 5.97 Å². The summed E-state index contributed by atoms with van der Waals surface area (Å²) in [4.78, 5) is 10.8. The Hall–Kier alpha value is -2.99. The number of carbonyl (C=O) groups is 1. The van der Waals surface area contributed by atoms with Crippen LogP contribution in [-0.2, 0) is 4.79 Å². The number of carboxylic acid groups (broad SMARTS) is 1. The molecule has 120 valence electrons. The quantitative estimate of drug-likeness (QED) is 0.711. The van der Waals surface area contributed by atoms with Crippen molar-refractivity contribution in [1.29, 1.82) is 0 Å². The fourth-order valence-electron chi connectivity index (χ4n) is 2.53. The molecule has 0 saturated heterocycles. The number of hydrogen-bond acceptors (Lipinski definition) is 2. The summed E-state index contributed by atoms with van der Waals surface area (Å²) < 4.78 is 5.75. The van der Waals surface area contributed by atoms with Crippen LogP contribution in [0, 0.1) is 18.8 Å². The average molecular weight is 318 g/mol. The Labute approximate surface area is 140 Å². The van der Waals surface area contributed by atoms with Gasteiger partial charge < -0.3 is 9.52 Å². The van der Waals surface area contributed by atoms with E-state index in [1.165, 1.54) is 5.56 Å². The maximum atomic E-state index is 10.8. The Kier molecular flexibility index (Phi) is 4.39. The molecule has 3 nitrogen and oxygen atoms in total. The molecular weight excluding hydrogens is 300 g/mol. The predicted octanol–water partition coefficient (Wildman–Crippen LogP) is 4.72. The summed E-state index contributed by atoms with van der Waals surface area (Å²) in [5.74, 6) is 6.02. The van der Waals surface area contributed by atoms with E-state index in [1.807, 2.05) is 62.4 Å². The Morgan fingerprint density at radius 3 is 2.46 bits per heavy atom. The first-order valence-electron chi connectivity index (χ1n) is 7.85. The third kappa shape index (κ3) is 3.67. The highest BCUT2D eigenvalue weighted by Crippen LogP contribution is 2.27. The summed E-state index contributed by atoms with van der Waals surface area (Å²) in [5.41, 5.74) is 3.84. The van der Waals surface area contributed by atoms with Crippen LogP contribution >= 0.6 is 0 Å². The van der Waals surface area contributed by atoms with Crippen molar-refractivity contribution in [2.24, 2.45) is 0 Å². The van der Waals surface area contributed by atoms with Crippen molar-refractivity contribution in [3.8, 4) is 11.8 Å². The molecule has 0 radical (unpaired) electrons. The fourth-order valence-corrected chi connectivity index (χ4v) is 2.53. The second-order valence-electron chi connectivity index (χ2n) is 6.02. The number of furan rings is 1. The summed E-state index contributed by atoms with van der Waals surface area (Å²) in [7, 11) is 0. The summed E-state index contributed by atoms with van der Waals surface area (Å²) in [6.07, 6.45) is 0.0555. The van der Waals surface area contributed by atoms with E-state index in [2.05, 4.69) is 11.8 Å². The molecule has 3 heteroatoms. The summed E-state index contributed by atoms with van der Waals surface area (Å²) in [5, 5.41) is 9.84. The van der Waals surface area contributed by atoms with Gasteiger partial charge in [-0.1, -0.05) is 36.5 Å². The number of carboxylic acids is 1. The highest BCUT2D eigenvalue weighted by Gasteiger charge is 2.15. The topological polar surface area (TPSA) is 50.4 Å². The van der Waals surface area contributed by atoms with Crippen molar-refractivity contribution >= 4 is 16.9 Å². The lowest BCUT2D eigenvalue weighted by Crippen LogP contribution is -2.01. The highest BCUT2D eigenvalue weighted by molar-refractivity contribution is 5.80. The number of aliphatic carboxylic acids is 1. The Morgan fingerprint density at radius 1 is 1.08 bits per heavy atom. The molecule has 0 aliphatic heterocycles. The van der Waals surface area contributed by atoms with E-state index in [0.29, 0.717) is 5.76 Å². The van der Waals surface area contributed by atoms with E-state index in [1.54, 1.807) is 0 Å². The van der Waals surface area contributed by atoms with Crippen molar-refractivity contribution in [2.45, 2.75) is 26.2 Å². The Bertz CT molecular complexity index is 937. The van der Waals surface area contributed by atoms with E-state index in [4.69, 9.17) is 9.52 Å². The van der Waals surface area contributed by atoms with Crippen molar-refractivity contribution < 1.29 is 14.3 Å². The first-order valence-corrected chi connectivity index (χ1v) is 7.85. The van der Waals surface area contributed by atoms with Crippen molar-refractivity contribution in [2.75, 3.05) is 0 Å². The van der Waals surface area contributed by atoms with Gasteiger partial charge in [0.2, 0.25) is 0 Å². The summed E-state index contributed by atoms with van der Waals surface area (Å²) in [6.45, 7) is 3.90. The van der Waals surface area contributed by atoms with Crippen LogP contribution in [0.1, 0.15) is 41.7 Å². The molecule has 0 aliphatic carbocycles. The summed E-state index contributed by atoms with van der Waals surface area (Å²) in [6, 6.07) is 15.8. The van der Waals surface area contributed by atoms with Crippen LogP contribution in [0.4, 0.5) is 0 Å². The molecule has 0 saturated carbocycles. The van der Waals surface area contributed by atoms with Gasteiger partial charge in [-0.25, -0.2) is 0 Å².